The van der Waals surface area contributed by atoms with Crippen molar-refractivity contribution >= 4 is 17.6 Å². The second kappa shape index (κ2) is 8.97. The monoisotopic (exact) mass is 409 g/mol. The van der Waals surface area contributed by atoms with Gasteiger partial charge in [-0.2, -0.15) is 5.26 Å². The van der Waals surface area contributed by atoms with Crippen LogP contribution in [-0.4, -0.2) is 13.1 Å². The second-order valence-electron chi connectivity index (χ2n) is 6.06. The second-order valence-corrected chi connectivity index (χ2v) is 6.06. The van der Waals surface area contributed by atoms with Gasteiger partial charge in [0.25, 0.3) is 0 Å². The van der Waals surface area contributed by atoms with Gasteiger partial charge in [0, 0.05) is 5.56 Å². The highest BCUT2D eigenvalue weighted by molar-refractivity contribution is 5.93. The molecule has 0 amide bonds. The Morgan fingerprint density at radius 3 is 2.47 bits per heavy atom. The molecule has 0 bridgehead atoms. The molecule has 0 saturated carbocycles. The molecule has 30 heavy (non-hydrogen) atoms. The lowest BCUT2D eigenvalue weighted by Crippen LogP contribution is -2.12. The van der Waals surface area contributed by atoms with E-state index in [4.69, 9.17) is 9.47 Å². The molecule has 0 heterocycles. The zero-order chi connectivity index (χ0) is 21.7. The third-order valence-corrected chi connectivity index (χ3v) is 4.15. The van der Waals surface area contributed by atoms with Crippen LogP contribution in [0, 0.1) is 28.8 Å². The first-order valence-corrected chi connectivity index (χ1v) is 8.65. The molecule has 3 aromatic carbocycles. The van der Waals surface area contributed by atoms with E-state index in [0.717, 1.165) is 6.07 Å². The van der Waals surface area contributed by atoms with Crippen molar-refractivity contribution in [3.63, 3.8) is 0 Å². The molecule has 150 valence electrons. The number of benzene rings is 3. The predicted octanol–water partition coefficient (Wildman–Crippen LogP) is 5.40. The fraction of sp³-hybridized carbons (Fsp3) is 0.0435. The Balaban J connectivity index is 1.89. The molecule has 7 heteroatoms. The third kappa shape index (κ3) is 4.33. The van der Waals surface area contributed by atoms with Crippen molar-refractivity contribution in [1.29, 1.82) is 5.26 Å². The number of ether oxygens (including phenoxy) is 2. The fourth-order valence-electron chi connectivity index (χ4n) is 2.72. The minimum absolute atomic E-state index is 0.0372. The van der Waals surface area contributed by atoms with Crippen LogP contribution in [0.1, 0.15) is 21.5 Å². The number of carbonyl (C=O) groups is 1. The molecule has 0 aromatic heterocycles. The Kier molecular flexibility index (Phi) is 6.18. The number of allylic oxidation sites excluding steroid dienone is 1. The topological polar surface area (TPSA) is 59.3 Å². The molecule has 4 nitrogen and oxygen atoms in total. The molecule has 0 N–H and O–H groups in total. The van der Waals surface area contributed by atoms with E-state index in [9.17, 15) is 23.2 Å². The summed E-state index contributed by atoms with van der Waals surface area (Å²) in [6.45, 7) is 0. The number of hydrogen-bond acceptors (Lipinski definition) is 4. The average Bonchev–Trinajstić information content (AvgIpc) is 2.76. The highest BCUT2D eigenvalue weighted by Gasteiger charge is 2.20. The Morgan fingerprint density at radius 1 is 0.967 bits per heavy atom. The maximum Gasteiger partial charge on any atom is 0.346 e. The molecule has 0 atom stereocenters. The molecular weight excluding hydrogens is 395 g/mol. The molecule has 0 saturated heterocycles. The third-order valence-electron chi connectivity index (χ3n) is 4.15. The quantitative estimate of drug-likeness (QED) is 0.186. The molecule has 0 spiro atoms. The van der Waals surface area contributed by atoms with Gasteiger partial charge in [0.2, 0.25) is 0 Å². The van der Waals surface area contributed by atoms with Crippen LogP contribution in [0.25, 0.3) is 11.6 Å². The van der Waals surface area contributed by atoms with Crippen LogP contribution in [0.3, 0.4) is 0 Å². The van der Waals surface area contributed by atoms with E-state index in [0.29, 0.717) is 28.5 Å². The van der Waals surface area contributed by atoms with E-state index >= 15 is 0 Å². The maximum absolute atomic E-state index is 13.8. The van der Waals surface area contributed by atoms with E-state index < -0.39 is 29.0 Å². The van der Waals surface area contributed by atoms with Gasteiger partial charge in [0.1, 0.15) is 11.5 Å². The SMILES string of the molecule is COc1ccccc1/C(C#N)=C\c1cccc(OC(=O)c2ccc(F)c(F)c2F)c1. The van der Waals surface area contributed by atoms with Gasteiger partial charge >= 0.3 is 5.97 Å². The maximum atomic E-state index is 13.8. The summed E-state index contributed by atoms with van der Waals surface area (Å²) >= 11 is 0. The van der Waals surface area contributed by atoms with Crippen molar-refractivity contribution in [2.24, 2.45) is 0 Å². The van der Waals surface area contributed by atoms with Crippen molar-refractivity contribution < 1.29 is 27.4 Å². The number of halogens is 3. The molecule has 0 aliphatic rings. The van der Waals surface area contributed by atoms with Crippen molar-refractivity contribution in [2.75, 3.05) is 7.11 Å². The van der Waals surface area contributed by atoms with Crippen LogP contribution in [-0.2, 0) is 0 Å². The van der Waals surface area contributed by atoms with E-state index in [1.807, 2.05) is 0 Å². The molecule has 3 rings (SSSR count). The van der Waals surface area contributed by atoms with Gasteiger partial charge in [0.15, 0.2) is 17.5 Å². The van der Waals surface area contributed by atoms with Crippen molar-refractivity contribution in [3.8, 4) is 17.6 Å². The van der Waals surface area contributed by atoms with Crippen LogP contribution < -0.4 is 9.47 Å². The first kappa shape index (κ1) is 20.7. The molecule has 3 aromatic rings. The number of hydrogen-bond donors (Lipinski definition) is 0. The molecule has 0 aliphatic carbocycles. The van der Waals surface area contributed by atoms with Crippen molar-refractivity contribution in [3.05, 3.63) is 94.8 Å². The van der Waals surface area contributed by atoms with Gasteiger partial charge in [-0.1, -0.05) is 24.3 Å². The number of carbonyl (C=O) groups excluding carboxylic acids is 1. The summed E-state index contributed by atoms with van der Waals surface area (Å²) in [5, 5.41) is 9.54. The Bertz CT molecular complexity index is 1180. The standard InChI is InChI=1S/C23H14F3NO3/c1-29-20-8-3-2-7-17(20)15(13-27)11-14-5-4-6-16(12-14)30-23(28)18-9-10-19(24)22(26)21(18)25/h2-12H,1H3/b15-11-. The average molecular weight is 409 g/mol. The van der Waals surface area contributed by atoms with Crippen LogP contribution in [0.2, 0.25) is 0 Å². The highest BCUT2D eigenvalue weighted by Crippen LogP contribution is 2.28. The van der Waals surface area contributed by atoms with Crippen LogP contribution in [0.5, 0.6) is 11.5 Å². The first-order chi connectivity index (χ1) is 14.4. The Labute approximate surface area is 170 Å². The number of para-hydroxylation sites is 1. The van der Waals surface area contributed by atoms with E-state index in [-0.39, 0.29) is 5.75 Å². The number of esters is 1. The number of nitrogens with zero attached hydrogens (tertiary/aromatic N) is 1. The number of rotatable bonds is 5. The summed E-state index contributed by atoms with van der Waals surface area (Å²) in [5.74, 6) is -5.41. The highest BCUT2D eigenvalue weighted by atomic mass is 19.2. The van der Waals surface area contributed by atoms with Gasteiger partial charge in [0.05, 0.1) is 24.3 Å². The zero-order valence-corrected chi connectivity index (χ0v) is 15.7. The summed E-state index contributed by atoms with van der Waals surface area (Å²) in [5.41, 5.74) is 0.673. The van der Waals surface area contributed by atoms with E-state index in [2.05, 4.69) is 6.07 Å². The predicted molar refractivity (Wildman–Crippen MR) is 104 cm³/mol. The molecule has 0 radical (unpaired) electrons. The molecule has 0 fully saturated rings. The summed E-state index contributed by atoms with van der Waals surface area (Å²) < 4.78 is 50.5. The minimum Gasteiger partial charge on any atom is -0.496 e. The Morgan fingerprint density at radius 2 is 1.73 bits per heavy atom. The molecular formula is C23H14F3NO3. The lowest BCUT2D eigenvalue weighted by molar-refractivity contribution is 0.0728. The number of methoxy groups -OCH3 is 1. The largest absolute Gasteiger partial charge is 0.496 e. The molecule has 0 aliphatic heterocycles. The van der Waals surface area contributed by atoms with Crippen molar-refractivity contribution in [1.82, 2.24) is 0 Å². The lowest BCUT2D eigenvalue weighted by Gasteiger charge is -2.08. The summed E-state index contributed by atoms with van der Waals surface area (Å²) in [4.78, 5) is 12.2. The van der Waals surface area contributed by atoms with Crippen LogP contribution >= 0.6 is 0 Å². The summed E-state index contributed by atoms with van der Waals surface area (Å²) in [6, 6.07) is 16.6. The van der Waals surface area contributed by atoms with Gasteiger partial charge in [-0.15, -0.1) is 0 Å². The van der Waals surface area contributed by atoms with Gasteiger partial charge in [-0.25, -0.2) is 18.0 Å². The molecule has 0 unspecified atom stereocenters. The zero-order valence-electron chi connectivity index (χ0n) is 15.7. The van der Waals surface area contributed by atoms with E-state index in [1.165, 1.54) is 19.2 Å². The van der Waals surface area contributed by atoms with E-state index in [1.54, 1.807) is 42.5 Å². The Hall–Kier alpha value is -4.05. The lowest BCUT2D eigenvalue weighted by atomic mass is 10.0. The minimum atomic E-state index is -1.75. The summed E-state index contributed by atoms with van der Waals surface area (Å²) in [6.07, 6.45) is 1.56. The summed E-state index contributed by atoms with van der Waals surface area (Å²) in [7, 11) is 1.49. The van der Waals surface area contributed by atoms with Crippen molar-refractivity contribution in [2.45, 2.75) is 0 Å². The van der Waals surface area contributed by atoms with Gasteiger partial charge in [-0.05, 0) is 48.0 Å². The van der Waals surface area contributed by atoms with Gasteiger partial charge < -0.3 is 9.47 Å². The first-order valence-electron chi connectivity index (χ1n) is 8.65. The smallest absolute Gasteiger partial charge is 0.346 e. The van der Waals surface area contributed by atoms with Crippen LogP contribution in [0.15, 0.2) is 60.7 Å². The van der Waals surface area contributed by atoms with Gasteiger partial charge in [-0.3, -0.25) is 0 Å². The number of nitriles is 1. The van der Waals surface area contributed by atoms with Crippen LogP contribution in [0.4, 0.5) is 13.2 Å². The fourth-order valence-corrected chi connectivity index (χ4v) is 2.72. The normalized spacial score (nSPS) is 11.0.